The van der Waals surface area contributed by atoms with E-state index in [0.29, 0.717) is 27.6 Å². The molecule has 3 heterocycles. The van der Waals surface area contributed by atoms with Gasteiger partial charge in [-0.3, -0.25) is 13.9 Å². The molecule has 0 N–H and O–H groups in total. The van der Waals surface area contributed by atoms with Crippen LogP contribution in [0.3, 0.4) is 0 Å². The molecule has 2 unspecified atom stereocenters. The van der Waals surface area contributed by atoms with Crippen molar-refractivity contribution in [1.29, 1.82) is 0 Å². The number of amides is 1. The number of hydrogen-bond acceptors (Lipinski definition) is 6. The molecule has 5 rings (SSSR count). The summed E-state index contributed by atoms with van der Waals surface area (Å²) in [5, 5.41) is 4.07. The van der Waals surface area contributed by atoms with Gasteiger partial charge in [-0.1, -0.05) is 48.7 Å². The van der Waals surface area contributed by atoms with E-state index in [1.165, 1.54) is 33.8 Å². The minimum atomic E-state index is -1.27. The molecule has 4 aromatic rings. The van der Waals surface area contributed by atoms with Gasteiger partial charge >= 0.3 is 0 Å². The molecule has 1 fully saturated rings. The highest BCUT2D eigenvalue weighted by Gasteiger charge is 2.53. The highest BCUT2D eigenvalue weighted by atomic mass is 79.9. The van der Waals surface area contributed by atoms with E-state index in [2.05, 4.69) is 33.7 Å². The monoisotopic (exact) mass is 602 g/mol. The van der Waals surface area contributed by atoms with E-state index in [4.69, 9.17) is 16.3 Å². The number of thiol groups is 1. The standard InChI is InChI=1S/C26H17BrClFN2O3S2/c27-18-12-16(8-9-20(18)29)34-23-7-3-6-22(30-23)26(15-10-11-36-14-15)13-21(32)24(25(33)31(26)35)17-4-1-2-5-19(17)28/h1-12,14,24,35H,13H2. The maximum atomic E-state index is 13.7. The number of Topliss-reactive ketones (excluding diaryl/α,β-unsaturated/α-hetero) is 1. The Labute approximate surface area is 229 Å². The maximum Gasteiger partial charge on any atom is 0.248 e. The lowest BCUT2D eigenvalue weighted by Crippen LogP contribution is -2.54. The summed E-state index contributed by atoms with van der Waals surface area (Å²) in [5.74, 6) is -1.69. The number of piperidine rings is 1. The van der Waals surface area contributed by atoms with Gasteiger partial charge in [-0.2, -0.15) is 11.3 Å². The summed E-state index contributed by atoms with van der Waals surface area (Å²) >= 11 is 15.6. The van der Waals surface area contributed by atoms with Gasteiger partial charge in [0, 0.05) is 17.5 Å². The Hall–Kier alpha value is -2.72. The molecule has 5 nitrogen and oxygen atoms in total. The summed E-state index contributed by atoms with van der Waals surface area (Å²) in [6, 6.07) is 18.0. The Morgan fingerprint density at radius 3 is 2.67 bits per heavy atom. The van der Waals surface area contributed by atoms with E-state index in [1.54, 1.807) is 42.5 Å². The minimum absolute atomic E-state index is 0.0621. The molecule has 0 saturated carbocycles. The number of ketones is 1. The molecular weight excluding hydrogens is 587 g/mol. The molecule has 0 bridgehead atoms. The molecule has 0 spiro atoms. The number of benzene rings is 2. The average Bonchev–Trinajstić information content (AvgIpc) is 3.41. The zero-order valence-electron chi connectivity index (χ0n) is 18.4. The van der Waals surface area contributed by atoms with Crippen molar-refractivity contribution in [1.82, 2.24) is 9.29 Å². The van der Waals surface area contributed by atoms with Crippen LogP contribution in [0.15, 0.2) is 82.0 Å². The van der Waals surface area contributed by atoms with Gasteiger partial charge in [0.25, 0.3) is 0 Å². The predicted octanol–water partition coefficient (Wildman–Crippen LogP) is 7.16. The zero-order chi connectivity index (χ0) is 25.4. The average molecular weight is 604 g/mol. The summed E-state index contributed by atoms with van der Waals surface area (Å²) < 4.78 is 21.0. The van der Waals surface area contributed by atoms with Crippen molar-refractivity contribution in [3.63, 3.8) is 0 Å². The Morgan fingerprint density at radius 1 is 1.14 bits per heavy atom. The van der Waals surface area contributed by atoms with E-state index in [9.17, 15) is 14.0 Å². The molecule has 2 aromatic heterocycles. The van der Waals surface area contributed by atoms with Crippen LogP contribution in [0.2, 0.25) is 5.02 Å². The second kappa shape index (κ2) is 9.97. The fourth-order valence-corrected chi connectivity index (χ4v) is 6.06. The van der Waals surface area contributed by atoms with Gasteiger partial charge in [0.05, 0.1) is 10.2 Å². The van der Waals surface area contributed by atoms with Crippen LogP contribution in [0.25, 0.3) is 0 Å². The first-order chi connectivity index (χ1) is 17.3. The number of carbonyl (C=O) groups is 2. The first-order valence-corrected chi connectivity index (χ1v) is 13.3. The summed E-state index contributed by atoms with van der Waals surface area (Å²) in [4.78, 5) is 31.9. The van der Waals surface area contributed by atoms with E-state index in [1.807, 2.05) is 16.8 Å². The zero-order valence-corrected chi connectivity index (χ0v) is 22.5. The molecule has 2 aromatic carbocycles. The molecule has 1 aliphatic heterocycles. The van der Waals surface area contributed by atoms with Gasteiger partial charge in [0.1, 0.15) is 23.0 Å². The molecule has 0 radical (unpaired) electrons. The molecule has 182 valence electrons. The normalized spacial score (nSPS) is 20.0. The molecule has 10 heteroatoms. The molecule has 36 heavy (non-hydrogen) atoms. The topological polar surface area (TPSA) is 59.5 Å². The number of halogens is 3. The van der Waals surface area contributed by atoms with Crippen molar-refractivity contribution in [2.24, 2.45) is 0 Å². The number of nitrogens with zero attached hydrogens (tertiary/aromatic N) is 2. The van der Waals surface area contributed by atoms with Crippen LogP contribution in [-0.4, -0.2) is 21.0 Å². The van der Waals surface area contributed by atoms with E-state index in [0.717, 1.165) is 0 Å². The predicted molar refractivity (Wildman–Crippen MR) is 143 cm³/mol. The number of ether oxygens (including phenoxy) is 1. The number of carbonyl (C=O) groups excluding carboxylic acids is 2. The maximum absolute atomic E-state index is 13.7. The molecule has 0 aliphatic carbocycles. The lowest BCUT2D eigenvalue weighted by atomic mass is 9.75. The molecule has 1 amide bonds. The largest absolute Gasteiger partial charge is 0.439 e. The summed E-state index contributed by atoms with van der Waals surface area (Å²) in [5.41, 5.74) is 0.293. The first kappa shape index (κ1) is 25.0. The number of thiophene rings is 1. The van der Waals surface area contributed by atoms with Crippen molar-refractivity contribution in [3.8, 4) is 11.6 Å². The van der Waals surface area contributed by atoms with E-state index in [-0.39, 0.29) is 22.6 Å². The number of aromatic nitrogens is 1. The lowest BCUT2D eigenvalue weighted by Gasteiger charge is -2.45. The third-order valence-corrected chi connectivity index (χ3v) is 8.22. The smallest absolute Gasteiger partial charge is 0.248 e. The van der Waals surface area contributed by atoms with Crippen molar-refractivity contribution in [2.45, 2.75) is 17.9 Å². The molecule has 1 saturated heterocycles. The summed E-state index contributed by atoms with van der Waals surface area (Å²) in [7, 11) is 0. The van der Waals surface area contributed by atoms with Crippen LogP contribution in [-0.2, 0) is 15.1 Å². The molecule has 1 aliphatic rings. The summed E-state index contributed by atoms with van der Waals surface area (Å²) in [6.45, 7) is 0. The van der Waals surface area contributed by atoms with Gasteiger partial charge in [-0.15, -0.1) is 0 Å². The highest BCUT2D eigenvalue weighted by Crippen LogP contribution is 2.48. The Balaban J connectivity index is 1.58. The Kier molecular flexibility index (Phi) is 6.91. The van der Waals surface area contributed by atoms with Crippen LogP contribution in [0, 0.1) is 5.82 Å². The van der Waals surface area contributed by atoms with Gasteiger partial charge < -0.3 is 4.74 Å². The quantitative estimate of drug-likeness (QED) is 0.194. The number of rotatable bonds is 5. The fourth-order valence-electron chi connectivity index (χ4n) is 4.33. The van der Waals surface area contributed by atoms with E-state index < -0.39 is 23.2 Å². The third-order valence-electron chi connectivity index (χ3n) is 6.05. The first-order valence-electron chi connectivity index (χ1n) is 10.7. The Morgan fingerprint density at radius 2 is 1.94 bits per heavy atom. The van der Waals surface area contributed by atoms with Crippen LogP contribution >= 0.6 is 51.7 Å². The lowest BCUT2D eigenvalue weighted by molar-refractivity contribution is -0.142. The van der Waals surface area contributed by atoms with Gasteiger partial charge in [0.15, 0.2) is 5.78 Å². The van der Waals surface area contributed by atoms with Crippen molar-refractivity contribution < 1.29 is 18.7 Å². The number of hydrogen-bond donors (Lipinski definition) is 1. The number of pyridine rings is 1. The Bertz CT molecular complexity index is 1470. The van der Waals surface area contributed by atoms with Gasteiger partial charge in [-0.25, -0.2) is 9.37 Å². The molecular formula is C26H17BrClFN2O3S2. The van der Waals surface area contributed by atoms with Crippen LogP contribution in [0.5, 0.6) is 11.6 Å². The second-order valence-electron chi connectivity index (χ2n) is 8.16. The van der Waals surface area contributed by atoms with Crippen molar-refractivity contribution in [2.75, 3.05) is 0 Å². The van der Waals surface area contributed by atoms with Gasteiger partial charge in [0.2, 0.25) is 11.8 Å². The van der Waals surface area contributed by atoms with Crippen LogP contribution in [0.1, 0.15) is 29.2 Å². The van der Waals surface area contributed by atoms with Crippen LogP contribution in [0.4, 0.5) is 4.39 Å². The van der Waals surface area contributed by atoms with Crippen LogP contribution < -0.4 is 4.74 Å². The SMILES string of the molecule is O=C1CC(c2ccsc2)(c2cccc(Oc3ccc(F)c(Br)c3)n2)N(S)C(=O)C1c1ccccc1Cl. The highest BCUT2D eigenvalue weighted by molar-refractivity contribution is 9.10. The molecule has 2 atom stereocenters. The van der Waals surface area contributed by atoms with Crippen molar-refractivity contribution >= 4 is 63.4 Å². The van der Waals surface area contributed by atoms with Gasteiger partial charge in [-0.05, 0) is 74.2 Å². The fraction of sp³-hybridized carbons (Fsp3) is 0.115. The second-order valence-corrected chi connectivity index (χ2v) is 10.6. The van der Waals surface area contributed by atoms with Crippen molar-refractivity contribution in [3.05, 3.63) is 110 Å². The summed E-state index contributed by atoms with van der Waals surface area (Å²) in [6.07, 6.45) is -0.0621. The van der Waals surface area contributed by atoms with E-state index >= 15 is 0 Å². The third kappa shape index (κ3) is 4.34. The minimum Gasteiger partial charge on any atom is -0.439 e.